The molecule has 0 spiro atoms. The normalized spacial score (nSPS) is 11.9. The van der Waals surface area contributed by atoms with E-state index in [0.717, 1.165) is 0 Å². The van der Waals surface area contributed by atoms with Gasteiger partial charge < -0.3 is 20.6 Å². The molecule has 29 heavy (non-hydrogen) atoms. The van der Waals surface area contributed by atoms with E-state index in [1.54, 1.807) is 13.8 Å². The van der Waals surface area contributed by atoms with E-state index >= 15 is 0 Å². The van der Waals surface area contributed by atoms with Gasteiger partial charge in [-0.15, -0.1) is 10.2 Å². The van der Waals surface area contributed by atoms with E-state index in [9.17, 15) is 14.4 Å². The standard InChI is InChI=1S/C17H24N6O5S/c1-5-9(23-16(19)21-22-17(23)29-7-3)13(25)20-14-11(12(18)24)10(8(4)28-14)15(26)27-6-2/h9H,5-7H2,1-4H3,(H2,18,24)(H2,19,21)(H,20,25). The molecule has 0 aliphatic rings. The summed E-state index contributed by atoms with van der Waals surface area (Å²) in [4.78, 5) is 37.1. The van der Waals surface area contributed by atoms with E-state index in [2.05, 4.69) is 15.5 Å². The number of nitrogens with zero attached hydrogens (tertiary/aromatic N) is 3. The monoisotopic (exact) mass is 424 g/mol. The SMILES string of the molecule is CCOC(=O)c1c(C)oc(NC(=O)C(CC)n2c(N)nnc2SCC)c1C(N)=O. The number of carbonyl (C=O) groups excluding carboxylic acids is 3. The molecular formula is C17H24N6O5S. The van der Waals surface area contributed by atoms with Crippen LogP contribution in [0.1, 0.15) is 59.7 Å². The number of primary amides is 1. The third-order valence-corrected chi connectivity index (χ3v) is 4.84. The molecule has 2 aromatic rings. The summed E-state index contributed by atoms with van der Waals surface area (Å²) in [6.45, 7) is 6.92. The topological polar surface area (TPSA) is 168 Å². The van der Waals surface area contributed by atoms with Gasteiger partial charge in [-0.2, -0.15) is 0 Å². The number of rotatable bonds is 9. The smallest absolute Gasteiger partial charge is 0.342 e. The Hall–Kier alpha value is -3.02. The predicted octanol–water partition coefficient (Wildman–Crippen LogP) is 1.74. The number of hydrogen-bond donors (Lipinski definition) is 3. The zero-order valence-electron chi connectivity index (χ0n) is 16.6. The fourth-order valence-corrected chi connectivity index (χ4v) is 3.52. The molecule has 2 rings (SSSR count). The highest BCUT2D eigenvalue weighted by Gasteiger charge is 2.31. The summed E-state index contributed by atoms with van der Waals surface area (Å²) in [6.07, 6.45) is 0.363. The lowest BCUT2D eigenvalue weighted by Crippen LogP contribution is -2.28. The molecule has 0 aliphatic carbocycles. The summed E-state index contributed by atoms with van der Waals surface area (Å²) in [5.74, 6) is -1.55. The van der Waals surface area contributed by atoms with Gasteiger partial charge in [0.1, 0.15) is 22.9 Å². The number of esters is 1. The number of aryl methyl sites for hydroxylation is 1. The fourth-order valence-electron chi connectivity index (χ4n) is 2.81. The lowest BCUT2D eigenvalue weighted by molar-refractivity contribution is -0.119. The molecule has 0 saturated heterocycles. The van der Waals surface area contributed by atoms with Gasteiger partial charge in [-0.3, -0.25) is 19.5 Å². The van der Waals surface area contributed by atoms with Gasteiger partial charge in [0.2, 0.25) is 17.7 Å². The van der Waals surface area contributed by atoms with E-state index in [1.807, 2.05) is 6.92 Å². The molecule has 158 valence electrons. The average Bonchev–Trinajstić information content (AvgIpc) is 3.17. The molecule has 0 bridgehead atoms. The number of thioether (sulfide) groups is 1. The number of nitrogens with two attached hydrogens (primary N) is 2. The van der Waals surface area contributed by atoms with Gasteiger partial charge in [0.25, 0.3) is 5.91 Å². The van der Waals surface area contributed by atoms with E-state index in [4.69, 9.17) is 20.6 Å². The van der Waals surface area contributed by atoms with Crippen molar-refractivity contribution in [3.8, 4) is 0 Å². The molecular weight excluding hydrogens is 400 g/mol. The van der Waals surface area contributed by atoms with Crippen molar-refractivity contribution < 1.29 is 23.5 Å². The minimum absolute atomic E-state index is 0.0842. The van der Waals surface area contributed by atoms with Crippen LogP contribution in [0.2, 0.25) is 0 Å². The molecule has 0 fully saturated rings. The first-order chi connectivity index (χ1) is 13.8. The second-order valence-corrected chi connectivity index (χ2v) is 7.11. The second-order valence-electron chi connectivity index (χ2n) is 5.88. The van der Waals surface area contributed by atoms with Crippen molar-refractivity contribution in [2.45, 2.75) is 45.3 Å². The Labute approximate surface area is 171 Å². The summed E-state index contributed by atoms with van der Waals surface area (Å²) in [7, 11) is 0. The first kappa shape index (κ1) is 22.3. The molecule has 0 radical (unpaired) electrons. The lowest BCUT2D eigenvalue weighted by Gasteiger charge is -2.18. The zero-order valence-corrected chi connectivity index (χ0v) is 17.5. The fraction of sp³-hybridized carbons (Fsp3) is 0.471. The third-order valence-electron chi connectivity index (χ3n) is 4.01. The molecule has 5 N–H and O–H groups in total. The first-order valence-corrected chi connectivity index (χ1v) is 9.99. The maximum atomic E-state index is 13.0. The molecule has 1 atom stereocenters. The van der Waals surface area contributed by atoms with Crippen LogP contribution in [0.25, 0.3) is 0 Å². The number of nitrogen functional groups attached to an aromatic ring is 1. The van der Waals surface area contributed by atoms with Crippen molar-refractivity contribution in [1.29, 1.82) is 0 Å². The Morgan fingerprint density at radius 2 is 1.93 bits per heavy atom. The number of furan rings is 1. The number of carbonyl (C=O) groups is 3. The minimum Gasteiger partial charge on any atom is -0.462 e. The van der Waals surface area contributed by atoms with Gasteiger partial charge in [-0.25, -0.2) is 4.79 Å². The van der Waals surface area contributed by atoms with Crippen molar-refractivity contribution in [3.05, 3.63) is 16.9 Å². The maximum absolute atomic E-state index is 13.0. The van der Waals surface area contributed by atoms with Crippen molar-refractivity contribution >= 4 is 41.4 Å². The van der Waals surface area contributed by atoms with Crippen LogP contribution in [0.4, 0.5) is 11.8 Å². The Bertz CT molecular complexity index is 922. The van der Waals surface area contributed by atoms with Crippen LogP contribution in [-0.4, -0.2) is 44.9 Å². The van der Waals surface area contributed by atoms with Crippen LogP contribution in [0.3, 0.4) is 0 Å². The van der Waals surface area contributed by atoms with E-state index in [1.165, 1.54) is 23.3 Å². The van der Waals surface area contributed by atoms with Crippen LogP contribution in [0.5, 0.6) is 0 Å². The van der Waals surface area contributed by atoms with Crippen molar-refractivity contribution in [1.82, 2.24) is 14.8 Å². The maximum Gasteiger partial charge on any atom is 0.342 e. The highest BCUT2D eigenvalue weighted by Crippen LogP contribution is 2.30. The molecule has 2 amide bonds. The summed E-state index contributed by atoms with van der Waals surface area (Å²) in [6, 6.07) is -0.767. The number of hydrogen-bond acceptors (Lipinski definition) is 9. The number of aromatic nitrogens is 3. The number of nitrogens with one attached hydrogen (secondary N) is 1. The summed E-state index contributed by atoms with van der Waals surface area (Å²) < 4.78 is 11.9. The molecule has 0 aromatic carbocycles. The van der Waals surface area contributed by atoms with Gasteiger partial charge in [0.15, 0.2) is 5.16 Å². The van der Waals surface area contributed by atoms with Crippen molar-refractivity contribution in [2.24, 2.45) is 5.73 Å². The van der Waals surface area contributed by atoms with Gasteiger partial charge in [0.05, 0.1) is 6.61 Å². The van der Waals surface area contributed by atoms with Crippen molar-refractivity contribution in [3.63, 3.8) is 0 Å². The summed E-state index contributed by atoms with van der Waals surface area (Å²) >= 11 is 1.38. The minimum atomic E-state index is -0.931. The largest absolute Gasteiger partial charge is 0.462 e. The average molecular weight is 424 g/mol. The van der Waals surface area contributed by atoms with Crippen molar-refractivity contribution in [2.75, 3.05) is 23.4 Å². The van der Waals surface area contributed by atoms with E-state index < -0.39 is 23.8 Å². The number of ether oxygens (including phenoxy) is 1. The molecule has 2 heterocycles. The Kier molecular flexibility index (Phi) is 7.26. The third kappa shape index (κ3) is 4.53. The molecule has 0 aliphatic heterocycles. The van der Waals surface area contributed by atoms with E-state index in [0.29, 0.717) is 17.3 Å². The van der Waals surface area contributed by atoms with Crippen LogP contribution in [0, 0.1) is 6.92 Å². The summed E-state index contributed by atoms with van der Waals surface area (Å²) in [5, 5.41) is 10.8. The Morgan fingerprint density at radius 1 is 1.24 bits per heavy atom. The molecule has 2 aromatic heterocycles. The van der Waals surface area contributed by atoms with E-state index in [-0.39, 0.29) is 35.3 Å². The first-order valence-electron chi connectivity index (χ1n) is 9.00. The quantitative estimate of drug-likeness (QED) is 0.401. The highest BCUT2D eigenvalue weighted by atomic mass is 32.2. The Balaban J connectivity index is 2.41. The summed E-state index contributed by atoms with van der Waals surface area (Å²) in [5.41, 5.74) is 11.0. The van der Waals surface area contributed by atoms with Crippen LogP contribution >= 0.6 is 11.8 Å². The van der Waals surface area contributed by atoms with Gasteiger partial charge in [-0.05, 0) is 26.0 Å². The Morgan fingerprint density at radius 3 is 2.48 bits per heavy atom. The highest BCUT2D eigenvalue weighted by molar-refractivity contribution is 7.99. The molecule has 11 nitrogen and oxygen atoms in total. The number of amides is 2. The molecule has 12 heteroatoms. The predicted molar refractivity (Wildman–Crippen MR) is 107 cm³/mol. The van der Waals surface area contributed by atoms with Gasteiger partial charge >= 0.3 is 5.97 Å². The van der Waals surface area contributed by atoms with Crippen LogP contribution < -0.4 is 16.8 Å². The molecule has 1 unspecified atom stereocenters. The number of anilines is 2. The van der Waals surface area contributed by atoms with Gasteiger partial charge in [-0.1, -0.05) is 25.6 Å². The van der Waals surface area contributed by atoms with Gasteiger partial charge in [0, 0.05) is 0 Å². The second kappa shape index (κ2) is 9.45. The lowest BCUT2D eigenvalue weighted by atomic mass is 10.1. The van der Waals surface area contributed by atoms with Crippen LogP contribution in [-0.2, 0) is 9.53 Å². The molecule has 0 saturated carbocycles. The zero-order chi connectivity index (χ0) is 21.7. The van der Waals surface area contributed by atoms with Crippen LogP contribution in [0.15, 0.2) is 9.57 Å².